The normalized spacial score (nSPS) is 4.11. The maximum Gasteiger partial charge on any atom is 4.00 e. The zero-order chi connectivity index (χ0) is 4.28. The zero-order valence-corrected chi connectivity index (χ0v) is 8.91. The summed E-state index contributed by atoms with van der Waals surface area (Å²) in [6, 6.07) is 0. The summed E-state index contributed by atoms with van der Waals surface area (Å²) in [5, 5.41) is 7.60. The molecule has 0 aliphatic heterocycles. The molecule has 0 bridgehead atoms. The summed E-state index contributed by atoms with van der Waals surface area (Å²) in [6.45, 7) is -0.278. The Hall–Kier alpha value is 1.10. The molecular formula is C2H6AlClNO3Zr+5. The summed E-state index contributed by atoms with van der Waals surface area (Å²) in [5.74, 6) is -0.968. The number of carboxylic acid groups (broad SMARTS) is 1. The van der Waals surface area contributed by atoms with Crippen LogP contribution in [0.15, 0.2) is 0 Å². The van der Waals surface area contributed by atoms with Crippen LogP contribution >= 0.6 is 0 Å². The second kappa shape index (κ2) is 23.0. The third-order valence-electron chi connectivity index (χ3n) is 0.175. The van der Waals surface area contributed by atoms with Gasteiger partial charge in [0.25, 0.3) is 0 Å². The molecule has 0 atom stereocenters. The third kappa shape index (κ3) is 47.8. The van der Waals surface area contributed by atoms with Gasteiger partial charge < -0.3 is 28.7 Å². The van der Waals surface area contributed by atoms with E-state index in [4.69, 9.17) is 5.11 Å². The molecule has 0 rings (SSSR count). The summed E-state index contributed by atoms with van der Waals surface area (Å²) in [5.41, 5.74) is 4.57. The van der Waals surface area contributed by atoms with E-state index in [0.717, 1.165) is 0 Å². The molecule has 46 valence electrons. The SMILES string of the molecule is NCC(=O)O.[Al+3].[Cl-].[OH-].[Zr+4]. The predicted octanol–water partition coefficient (Wildman–Crippen LogP) is -4.53. The first-order chi connectivity index (χ1) is 2.27. The number of aliphatic carboxylic acids is 1. The molecule has 0 saturated carbocycles. The first-order valence-corrected chi connectivity index (χ1v) is 1.19. The van der Waals surface area contributed by atoms with Crippen LogP contribution in [0.4, 0.5) is 0 Å². The van der Waals surface area contributed by atoms with Gasteiger partial charge in [-0.25, -0.2) is 0 Å². The van der Waals surface area contributed by atoms with Crippen LogP contribution < -0.4 is 18.1 Å². The van der Waals surface area contributed by atoms with Gasteiger partial charge in [0.15, 0.2) is 0 Å². The minimum absolute atomic E-state index is 0. The fourth-order valence-electron chi connectivity index (χ4n) is 0. The molecule has 0 heterocycles. The van der Waals surface area contributed by atoms with Crippen LogP contribution in [0.1, 0.15) is 0 Å². The number of carbonyl (C=O) groups is 1. The Bertz CT molecular complexity index is 57.1. The van der Waals surface area contributed by atoms with Crippen molar-refractivity contribution in [3.8, 4) is 0 Å². The molecule has 0 spiro atoms. The fraction of sp³-hybridized carbons (Fsp3) is 0.500. The number of carboxylic acids is 1. The van der Waals surface area contributed by atoms with Crippen LogP contribution in [-0.2, 0) is 31.0 Å². The van der Waals surface area contributed by atoms with Gasteiger partial charge in [-0.05, 0) is 0 Å². The van der Waals surface area contributed by atoms with Gasteiger partial charge >= 0.3 is 49.5 Å². The Morgan fingerprint density at radius 3 is 1.67 bits per heavy atom. The molecule has 0 radical (unpaired) electrons. The zero-order valence-electron chi connectivity index (χ0n) is 4.54. The van der Waals surface area contributed by atoms with E-state index in [9.17, 15) is 4.79 Å². The molecule has 0 aliphatic rings. The molecule has 0 aromatic heterocycles. The first kappa shape index (κ1) is 32.2. The average Bonchev–Trinajstić information content (AvgIpc) is 1.38. The first-order valence-electron chi connectivity index (χ1n) is 1.19. The van der Waals surface area contributed by atoms with E-state index in [-0.39, 0.29) is 68.0 Å². The number of hydrogen-bond acceptors (Lipinski definition) is 3. The molecule has 0 fully saturated rings. The summed E-state index contributed by atoms with van der Waals surface area (Å²) in [4.78, 5) is 9.24. The van der Waals surface area contributed by atoms with Crippen molar-refractivity contribution in [2.75, 3.05) is 6.54 Å². The van der Waals surface area contributed by atoms with Crippen LogP contribution in [0.2, 0.25) is 0 Å². The van der Waals surface area contributed by atoms with Gasteiger partial charge in [-0.3, -0.25) is 4.79 Å². The summed E-state index contributed by atoms with van der Waals surface area (Å²) in [6.07, 6.45) is 0. The van der Waals surface area contributed by atoms with Gasteiger partial charge in [-0.2, -0.15) is 0 Å². The minimum atomic E-state index is -0.968. The summed E-state index contributed by atoms with van der Waals surface area (Å²) >= 11 is 0. The number of nitrogens with two attached hydrogens (primary N) is 1. The van der Waals surface area contributed by atoms with Crippen molar-refractivity contribution in [2.24, 2.45) is 5.73 Å². The van der Waals surface area contributed by atoms with Gasteiger partial charge in [0.2, 0.25) is 0 Å². The second-order valence-electron chi connectivity index (χ2n) is 0.598. The van der Waals surface area contributed by atoms with Gasteiger partial charge in [0.05, 0.1) is 6.54 Å². The van der Waals surface area contributed by atoms with Crippen molar-refractivity contribution in [3.63, 3.8) is 0 Å². The molecule has 0 unspecified atom stereocenters. The van der Waals surface area contributed by atoms with Crippen molar-refractivity contribution < 1.29 is 54.0 Å². The molecule has 0 aromatic carbocycles. The van der Waals surface area contributed by atoms with E-state index in [1.165, 1.54) is 0 Å². The molecule has 4 nitrogen and oxygen atoms in total. The van der Waals surface area contributed by atoms with Crippen molar-refractivity contribution in [1.82, 2.24) is 0 Å². The van der Waals surface area contributed by atoms with E-state index in [1.807, 2.05) is 0 Å². The maximum atomic E-state index is 9.24. The van der Waals surface area contributed by atoms with Gasteiger partial charge in [-0.15, -0.1) is 0 Å². The monoisotopic (exact) mass is 244 g/mol. The molecule has 7 heteroatoms. The van der Waals surface area contributed by atoms with E-state index >= 15 is 0 Å². The third-order valence-corrected chi connectivity index (χ3v) is 0.175. The number of hydrogen-bond donors (Lipinski definition) is 2. The van der Waals surface area contributed by atoms with Crippen LogP contribution in [0, 0.1) is 0 Å². The second-order valence-corrected chi connectivity index (χ2v) is 0.598. The Labute approximate surface area is 89.2 Å². The quantitative estimate of drug-likeness (QED) is 0.455. The molecular weight excluding hydrogens is 240 g/mol. The van der Waals surface area contributed by atoms with Crippen LogP contribution in [0.5, 0.6) is 0 Å². The van der Waals surface area contributed by atoms with Crippen LogP contribution in [0.25, 0.3) is 0 Å². The van der Waals surface area contributed by atoms with E-state index in [0.29, 0.717) is 0 Å². The van der Waals surface area contributed by atoms with Gasteiger partial charge in [-0.1, -0.05) is 0 Å². The van der Waals surface area contributed by atoms with E-state index in [2.05, 4.69) is 5.73 Å². The fourth-order valence-corrected chi connectivity index (χ4v) is 0. The smallest absolute Gasteiger partial charge is 1.00 e. The number of rotatable bonds is 1. The maximum absolute atomic E-state index is 9.24. The van der Waals surface area contributed by atoms with Crippen molar-refractivity contribution >= 4 is 23.3 Å². The summed E-state index contributed by atoms with van der Waals surface area (Å²) in [7, 11) is 0. The molecule has 9 heavy (non-hydrogen) atoms. The largest absolute Gasteiger partial charge is 4.00 e. The molecule has 0 amide bonds. The van der Waals surface area contributed by atoms with Crippen LogP contribution in [-0.4, -0.2) is 40.5 Å². The Kier molecular flexibility index (Phi) is 82.1. The number of halogens is 1. The Morgan fingerprint density at radius 1 is 1.56 bits per heavy atom. The van der Waals surface area contributed by atoms with E-state index in [1.54, 1.807) is 0 Å². The standard InChI is InChI=1S/C2H5NO2.Al.ClH.H2O.Zr/c3-1-2(4)5;;;;/h1,3H2,(H,4,5);;1H;1H2;/q;+3;;;+4/p-2. The minimum Gasteiger partial charge on any atom is -1.00 e. The van der Waals surface area contributed by atoms with Crippen LogP contribution in [0.3, 0.4) is 0 Å². The van der Waals surface area contributed by atoms with Crippen molar-refractivity contribution in [3.05, 3.63) is 0 Å². The van der Waals surface area contributed by atoms with Crippen molar-refractivity contribution in [2.45, 2.75) is 0 Å². The molecule has 0 saturated heterocycles. The van der Waals surface area contributed by atoms with Gasteiger partial charge in [0.1, 0.15) is 0 Å². The average molecular weight is 246 g/mol. The van der Waals surface area contributed by atoms with E-state index < -0.39 is 5.97 Å². The Balaban J connectivity index is -0.0000000133. The summed E-state index contributed by atoms with van der Waals surface area (Å²) < 4.78 is 0. The predicted molar refractivity (Wildman–Crippen MR) is 24.4 cm³/mol. The topological polar surface area (TPSA) is 93.3 Å². The molecule has 4 N–H and O–H groups in total. The Morgan fingerprint density at radius 2 is 1.67 bits per heavy atom. The molecule has 0 aliphatic carbocycles. The van der Waals surface area contributed by atoms with Crippen molar-refractivity contribution in [1.29, 1.82) is 0 Å². The molecule has 0 aromatic rings. The van der Waals surface area contributed by atoms with Gasteiger partial charge in [0, 0.05) is 0 Å².